The molecule has 0 aromatic carbocycles. The molecule has 0 unspecified atom stereocenters. The predicted octanol–water partition coefficient (Wildman–Crippen LogP) is 16.7. The maximum atomic E-state index is 7.64. The highest BCUT2D eigenvalue weighted by molar-refractivity contribution is 7.41. The van der Waals surface area contributed by atoms with Crippen LogP contribution in [0.25, 0.3) is 0 Å². The molecule has 0 aliphatic carbocycles. The van der Waals surface area contributed by atoms with Crippen LogP contribution in [0, 0.1) is 35.5 Å². The number of hydrogen-bond acceptors (Lipinski definition) is 3. The van der Waals surface area contributed by atoms with Gasteiger partial charge in [-0.25, -0.2) is 0 Å². The molecule has 296 valence electrons. The van der Waals surface area contributed by atoms with Gasteiger partial charge >= 0.3 is 8.60 Å². The SMILES string of the molecule is CCCCCCCCC(OP(OC(CCCCCCCC)(C(C)C)C(C)C)OC(CCCCCCCC)(C(C)C)C(C)C)(C(C)C)C(C)C. The van der Waals surface area contributed by atoms with Gasteiger partial charge in [-0.05, 0) is 54.8 Å². The summed E-state index contributed by atoms with van der Waals surface area (Å²) in [5, 5.41) is 0. The van der Waals surface area contributed by atoms with E-state index >= 15 is 0 Å². The van der Waals surface area contributed by atoms with Gasteiger partial charge in [-0.2, -0.15) is 0 Å². The second kappa shape index (κ2) is 27.0. The van der Waals surface area contributed by atoms with Crippen molar-refractivity contribution in [2.24, 2.45) is 35.5 Å². The average molecular weight is 713 g/mol. The first kappa shape index (κ1) is 49.3. The van der Waals surface area contributed by atoms with Gasteiger partial charge in [-0.15, -0.1) is 0 Å². The molecule has 0 rings (SSSR count). The molecular weight excluding hydrogens is 619 g/mol. The molecule has 0 aromatic rings. The van der Waals surface area contributed by atoms with Crippen LogP contribution < -0.4 is 0 Å². The van der Waals surface area contributed by atoms with Crippen LogP contribution in [0.4, 0.5) is 0 Å². The van der Waals surface area contributed by atoms with E-state index in [0.717, 1.165) is 19.3 Å². The van der Waals surface area contributed by atoms with Crippen molar-refractivity contribution < 1.29 is 13.6 Å². The van der Waals surface area contributed by atoms with E-state index in [1.807, 2.05) is 0 Å². The topological polar surface area (TPSA) is 27.7 Å². The van der Waals surface area contributed by atoms with Crippen LogP contribution >= 0.6 is 8.60 Å². The van der Waals surface area contributed by atoms with E-state index in [9.17, 15) is 0 Å². The van der Waals surface area contributed by atoms with Crippen molar-refractivity contribution in [3.8, 4) is 0 Å². The van der Waals surface area contributed by atoms with Crippen molar-refractivity contribution in [2.45, 2.75) is 255 Å². The minimum atomic E-state index is -1.61. The molecule has 0 bridgehead atoms. The Balaban J connectivity index is 6.81. The standard InChI is InChI=1S/C45H93O3P/c1-16-19-22-25-28-31-34-43(37(4)5,38(6)7)46-49(47-44(39(8)9,40(10)11)35-32-29-26-23-20-17-2)48-45(41(12)13,42(14)15)36-33-30-27-24-21-18-3/h37-42H,16-36H2,1-15H3. The third-order valence-electron chi connectivity index (χ3n) is 12.4. The molecule has 4 heteroatoms. The molecule has 0 amide bonds. The van der Waals surface area contributed by atoms with Gasteiger partial charge in [0.05, 0.1) is 16.8 Å². The first-order valence-electron chi connectivity index (χ1n) is 22.0. The van der Waals surface area contributed by atoms with E-state index in [1.165, 1.54) is 116 Å². The Bertz CT molecular complexity index is 635. The lowest BCUT2D eigenvalue weighted by Crippen LogP contribution is -2.48. The van der Waals surface area contributed by atoms with Crippen molar-refractivity contribution in [3.05, 3.63) is 0 Å². The van der Waals surface area contributed by atoms with E-state index in [1.54, 1.807) is 0 Å². The summed E-state index contributed by atoms with van der Waals surface area (Å²) in [7, 11) is -1.61. The number of hydrogen-bond donors (Lipinski definition) is 0. The van der Waals surface area contributed by atoms with Crippen molar-refractivity contribution in [1.82, 2.24) is 0 Å². The zero-order valence-corrected chi connectivity index (χ0v) is 37.4. The maximum Gasteiger partial charge on any atom is 0.334 e. The third-order valence-corrected chi connectivity index (χ3v) is 13.8. The van der Waals surface area contributed by atoms with Gasteiger partial charge in [-0.1, -0.05) is 219 Å². The van der Waals surface area contributed by atoms with E-state index in [-0.39, 0.29) is 16.8 Å². The molecule has 0 saturated carbocycles. The lowest BCUT2D eigenvalue weighted by molar-refractivity contribution is -0.122. The molecule has 0 spiro atoms. The fourth-order valence-electron chi connectivity index (χ4n) is 8.52. The Morgan fingerprint density at radius 1 is 0.306 bits per heavy atom. The van der Waals surface area contributed by atoms with Gasteiger partial charge in [0.1, 0.15) is 0 Å². The Kier molecular flexibility index (Phi) is 27.1. The summed E-state index contributed by atoms with van der Waals surface area (Å²) < 4.78 is 22.9. The van der Waals surface area contributed by atoms with E-state index in [0.29, 0.717) is 35.5 Å². The van der Waals surface area contributed by atoms with Crippen LogP contribution in [0.15, 0.2) is 0 Å². The molecule has 0 aromatic heterocycles. The van der Waals surface area contributed by atoms with Crippen LogP contribution in [0.3, 0.4) is 0 Å². The predicted molar refractivity (Wildman–Crippen MR) is 221 cm³/mol. The summed E-state index contributed by atoms with van der Waals surface area (Å²) in [6, 6.07) is 0. The minimum Gasteiger partial charge on any atom is -0.305 e. The van der Waals surface area contributed by atoms with Crippen LogP contribution in [0.5, 0.6) is 0 Å². The van der Waals surface area contributed by atoms with E-state index in [4.69, 9.17) is 13.6 Å². The zero-order chi connectivity index (χ0) is 37.5. The Labute approximate surface area is 312 Å². The van der Waals surface area contributed by atoms with Gasteiger partial charge in [-0.3, -0.25) is 0 Å². The summed E-state index contributed by atoms with van der Waals surface area (Å²) in [4.78, 5) is 0. The Morgan fingerprint density at radius 3 is 0.673 bits per heavy atom. The molecule has 0 N–H and O–H groups in total. The second-order valence-electron chi connectivity index (χ2n) is 17.8. The lowest BCUT2D eigenvalue weighted by atomic mass is 9.76. The molecule has 3 nitrogen and oxygen atoms in total. The summed E-state index contributed by atoms with van der Waals surface area (Å²) in [5.74, 6) is 2.24. The first-order chi connectivity index (χ1) is 23.1. The van der Waals surface area contributed by atoms with Gasteiger partial charge < -0.3 is 13.6 Å². The van der Waals surface area contributed by atoms with Crippen molar-refractivity contribution in [2.75, 3.05) is 0 Å². The first-order valence-corrected chi connectivity index (χ1v) is 23.1. The van der Waals surface area contributed by atoms with Crippen molar-refractivity contribution >= 4 is 8.60 Å². The molecule has 0 atom stereocenters. The van der Waals surface area contributed by atoms with Crippen molar-refractivity contribution in [3.63, 3.8) is 0 Å². The molecular formula is C45H93O3P. The van der Waals surface area contributed by atoms with Crippen LogP contribution in [-0.2, 0) is 13.6 Å². The molecule has 0 aliphatic heterocycles. The normalized spacial score (nSPS) is 13.6. The minimum absolute atomic E-state index is 0.282. The molecule has 0 fully saturated rings. The van der Waals surface area contributed by atoms with Crippen LogP contribution in [-0.4, -0.2) is 16.8 Å². The fourth-order valence-corrected chi connectivity index (χ4v) is 11.0. The van der Waals surface area contributed by atoms with Gasteiger partial charge in [0.2, 0.25) is 0 Å². The smallest absolute Gasteiger partial charge is 0.305 e. The Hall–Kier alpha value is 0.310. The summed E-state index contributed by atoms with van der Waals surface area (Å²) in [6.45, 7) is 35.5. The average Bonchev–Trinajstić information content (AvgIpc) is 3.03. The largest absolute Gasteiger partial charge is 0.334 e. The summed E-state index contributed by atoms with van der Waals surface area (Å²) in [6.07, 6.45) is 26.6. The van der Waals surface area contributed by atoms with Gasteiger partial charge in [0.15, 0.2) is 0 Å². The highest BCUT2D eigenvalue weighted by Crippen LogP contribution is 2.60. The fraction of sp³-hybridized carbons (Fsp3) is 1.00. The summed E-state index contributed by atoms with van der Waals surface area (Å²) >= 11 is 0. The van der Waals surface area contributed by atoms with Crippen LogP contribution in [0.1, 0.15) is 239 Å². The second-order valence-corrected chi connectivity index (χ2v) is 18.8. The maximum absolute atomic E-state index is 7.64. The van der Waals surface area contributed by atoms with E-state index in [2.05, 4.69) is 104 Å². The monoisotopic (exact) mass is 713 g/mol. The highest BCUT2D eigenvalue weighted by Gasteiger charge is 2.50. The highest BCUT2D eigenvalue weighted by atomic mass is 31.2. The number of unbranched alkanes of at least 4 members (excludes halogenated alkanes) is 15. The molecule has 0 heterocycles. The quantitative estimate of drug-likeness (QED) is 0.0501. The molecule has 0 saturated heterocycles. The summed E-state index contributed by atoms with van der Waals surface area (Å²) in [5.41, 5.74) is -0.845. The molecule has 0 radical (unpaired) electrons. The third kappa shape index (κ3) is 16.9. The van der Waals surface area contributed by atoms with E-state index < -0.39 is 8.60 Å². The van der Waals surface area contributed by atoms with Gasteiger partial charge in [0.25, 0.3) is 0 Å². The lowest BCUT2D eigenvalue weighted by Gasteiger charge is -2.50. The van der Waals surface area contributed by atoms with Crippen molar-refractivity contribution in [1.29, 1.82) is 0 Å². The number of rotatable bonds is 33. The van der Waals surface area contributed by atoms with Crippen LogP contribution in [0.2, 0.25) is 0 Å². The Morgan fingerprint density at radius 2 is 0.490 bits per heavy atom. The molecule has 49 heavy (non-hydrogen) atoms. The van der Waals surface area contributed by atoms with Gasteiger partial charge in [0, 0.05) is 0 Å². The zero-order valence-electron chi connectivity index (χ0n) is 36.5. The molecule has 0 aliphatic rings.